The number of phenolic OH excluding ortho intramolecular Hbond substituents is 1. The Morgan fingerprint density at radius 3 is 2.42 bits per heavy atom. The number of hydrogen-bond donors (Lipinski definition) is 1. The van der Waals surface area contributed by atoms with Gasteiger partial charge in [-0.25, -0.2) is 0 Å². The number of nitrogens with zero attached hydrogens (tertiary/aromatic N) is 3. The second-order valence-corrected chi connectivity index (χ2v) is 8.78. The van der Waals surface area contributed by atoms with Gasteiger partial charge in [-0.1, -0.05) is 76.6 Å². The van der Waals surface area contributed by atoms with Gasteiger partial charge in [-0.2, -0.15) is 5.10 Å². The van der Waals surface area contributed by atoms with E-state index in [0.29, 0.717) is 5.56 Å². The predicted octanol–water partition coefficient (Wildman–Crippen LogP) is 7.26. The van der Waals surface area contributed by atoms with Crippen molar-refractivity contribution in [3.8, 4) is 5.75 Å². The molecule has 0 bridgehead atoms. The summed E-state index contributed by atoms with van der Waals surface area (Å²) in [7, 11) is 0. The highest BCUT2D eigenvalue weighted by Gasteiger charge is 2.29. The monoisotopic (exact) mass is 495 g/mol. The van der Waals surface area contributed by atoms with Gasteiger partial charge in [0.25, 0.3) is 0 Å². The van der Waals surface area contributed by atoms with Crippen molar-refractivity contribution in [2.75, 3.05) is 5.01 Å². The number of hydrazone groups is 1. The zero-order valence-electron chi connectivity index (χ0n) is 17.8. The molecule has 1 unspecified atom stereocenters. The molecule has 1 N–H and O–H groups in total. The maximum Gasteiger partial charge on any atom is 0.124 e. The van der Waals surface area contributed by atoms with Crippen molar-refractivity contribution in [2.45, 2.75) is 12.5 Å². The van der Waals surface area contributed by atoms with Crippen molar-refractivity contribution in [1.82, 2.24) is 0 Å². The smallest absolute Gasteiger partial charge is 0.124 e. The van der Waals surface area contributed by atoms with Crippen LogP contribution in [0.4, 0.5) is 11.4 Å². The van der Waals surface area contributed by atoms with Gasteiger partial charge in [0, 0.05) is 22.7 Å². The zero-order valence-corrected chi connectivity index (χ0v) is 19.4. The SMILES string of the molecule is Oc1ccc(Br)cc1C=Nc1cccc(C2=NN(c3ccccc3)C(c3ccccc3)C2)c1. The molecule has 1 atom stereocenters. The Hall–Kier alpha value is -3.70. The molecule has 4 aromatic rings. The van der Waals surface area contributed by atoms with Crippen LogP contribution >= 0.6 is 15.9 Å². The summed E-state index contributed by atoms with van der Waals surface area (Å²) in [6, 6.07) is 34.3. The first-order chi connectivity index (χ1) is 16.2. The zero-order chi connectivity index (χ0) is 22.6. The maximum atomic E-state index is 10.1. The molecule has 0 radical (unpaired) electrons. The maximum absolute atomic E-state index is 10.1. The molecule has 1 aliphatic rings. The van der Waals surface area contributed by atoms with Gasteiger partial charge < -0.3 is 5.11 Å². The van der Waals surface area contributed by atoms with Crippen LogP contribution in [0.1, 0.15) is 29.2 Å². The van der Waals surface area contributed by atoms with Gasteiger partial charge >= 0.3 is 0 Å². The lowest BCUT2D eigenvalue weighted by Gasteiger charge is -2.23. The van der Waals surface area contributed by atoms with Crippen LogP contribution in [-0.4, -0.2) is 17.0 Å². The fourth-order valence-corrected chi connectivity index (χ4v) is 4.36. The number of halogens is 1. The van der Waals surface area contributed by atoms with Crippen molar-refractivity contribution in [1.29, 1.82) is 0 Å². The summed E-state index contributed by atoms with van der Waals surface area (Å²) in [4.78, 5) is 4.59. The van der Waals surface area contributed by atoms with Gasteiger partial charge in [0.15, 0.2) is 0 Å². The summed E-state index contributed by atoms with van der Waals surface area (Å²) < 4.78 is 0.892. The molecule has 1 heterocycles. The van der Waals surface area contributed by atoms with Crippen LogP contribution in [0.2, 0.25) is 0 Å². The van der Waals surface area contributed by atoms with E-state index in [4.69, 9.17) is 5.10 Å². The van der Waals surface area contributed by atoms with Crippen LogP contribution in [0, 0.1) is 0 Å². The van der Waals surface area contributed by atoms with Gasteiger partial charge in [-0.15, -0.1) is 0 Å². The molecule has 4 nitrogen and oxygen atoms in total. The van der Waals surface area contributed by atoms with Crippen LogP contribution in [0.5, 0.6) is 5.75 Å². The summed E-state index contributed by atoms with van der Waals surface area (Å²) in [5.74, 6) is 0.197. The number of aromatic hydroxyl groups is 1. The fourth-order valence-electron chi connectivity index (χ4n) is 3.98. The van der Waals surface area contributed by atoms with E-state index in [1.54, 1.807) is 18.3 Å². The van der Waals surface area contributed by atoms with Gasteiger partial charge in [0.2, 0.25) is 0 Å². The largest absolute Gasteiger partial charge is 0.507 e. The van der Waals surface area contributed by atoms with E-state index < -0.39 is 0 Å². The molecule has 0 saturated carbocycles. The summed E-state index contributed by atoms with van der Waals surface area (Å²) >= 11 is 3.44. The minimum Gasteiger partial charge on any atom is -0.507 e. The minimum atomic E-state index is 0.134. The molecule has 0 aromatic heterocycles. The van der Waals surface area contributed by atoms with E-state index in [0.717, 1.165) is 33.5 Å². The summed E-state index contributed by atoms with van der Waals surface area (Å²) in [5, 5.41) is 17.2. The van der Waals surface area contributed by atoms with E-state index in [9.17, 15) is 5.11 Å². The van der Waals surface area contributed by atoms with Crippen molar-refractivity contribution in [2.24, 2.45) is 10.1 Å². The molecule has 0 amide bonds. The van der Waals surface area contributed by atoms with Gasteiger partial charge in [0.1, 0.15) is 5.75 Å². The number of aliphatic imine (C=N–C) groups is 1. The average molecular weight is 496 g/mol. The van der Waals surface area contributed by atoms with Crippen LogP contribution < -0.4 is 5.01 Å². The van der Waals surface area contributed by atoms with E-state index in [1.165, 1.54) is 5.56 Å². The van der Waals surface area contributed by atoms with Crippen molar-refractivity contribution in [3.05, 3.63) is 124 Å². The third kappa shape index (κ3) is 4.73. The molecule has 0 aliphatic carbocycles. The Morgan fingerprint density at radius 1 is 0.879 bits per heavy atom. The second kappa shape index (κ2) is 9.43. The molecule has 1 aliphatic heterocycles. The Kier molecular flexibility index (Phi) is 6.05. The van der Waals surface area contributed by atoms with Gasteiger partial charge in [-0.3, -0.25) is 10.0 Å². The van der Waals surface area contributed by atoms with E-state index in [2.05, 4.69) is 68.4 Å². The molecule has 33 heavy (non-hydrogen) atoms. The van der Waals surface area contributed by atoms with E-state index in [1.807, 2.05) is 48.5 Å². The minimum absolute atomic E-state index is 0.134. The van der Waals surface area contributed by atoms with E-state index in [-0.39, 0.29) is 11.8 Å². The Morgan fingerprint density at radius 2 is 1.64 bits per heavy atom. The number of benzene rings is 4. The molecule has 0 saturated heterocycles. The van der Waals surface area contributed by atoms with Crippen LogP contribution in [-0.2, 0) is 0 Å². The lowest BCUT2D eigenvalue weighted by molar-refractivity contribution is 0.474. The summed E-state index contributed by atoms with van der Waals surface area (Å²) in [6.07, 6.45) is 2.48. The number of rotatable bonds is 5. The average Bonchev–Trinajstić information content (AvgIpc) is 3.32. The molecule has 4 aromatic carbocycles. The molecule has 5 heteroatoms. The molecule has 0 spiro atoms. The molecular formula is C28H22BrN3O. The third-order valence-corrected chi connectivity index (χ3v) is 6.13. The first kappa shape index (κ1) is 21.2. The van der Waals surface area contributed by atoms with Crippen molar-refractivity contribution >= 4 is 39.2 Å². The number of phenols is 1. The molecular weight excluding hydrogens is 474 g/mol. The number of para-hydroxylation sites is 1. The van der Waals surface area contributed by atoms with Crippen LogP contribution in [0.3, 0.4) is 0 Å². The topological polar surface area (TPSA) is 48.2 Å². The Bertz CT molecular complexity index is 1320. The highest BCUT2D eigenvalue weighted by Crippen LogP contribution is 2.36. The first-order valence-corrected chi connectivity index (χ1v) is 11.6. The molecule has 0 fully saturated rings. The lowest BCUT2D eigenvalue weighted by Crippen LogP contribution is -2.18. The van der Waals surface area contributed by atoms with Crippen molar-refractivity contribution < 1.29 is 5.11 Å². The van der Waals surface area contributed by atoms with Crippen LogP contribution in [0.15, 0.2) is 118 Å². The standard InChI is InChI=1S/C28H22BrN3O/c29-23-14-15-28(33)22(16-23)19-30-24-11-7-10-21(17-24)26-18-27(20-8-3-1-4-9-20)32(31-26)25-12-5-2-6-13-25/h1-17,19,27,33H,18H2. The third-order valence-electron chi connectivity index (χ3n) is 5.64. The normalized spacial score (nSPS) is 15.7. The van der Waals surface area contributed by atoms with Gasteiger partial charge in [0.05, 0.1) is 23.1 Å². The Labute approximate surface area is 201 Å². The summed E-state index contributed by atoms with van der Waals surface area (Å²) in [6.45, 7) is 0. The summed E-state index contributed by atoms with van der Waals surface area (Å²) in [5.41, 5.74) is 5.84. The second-order valence-electron chi connectivity index (χ2n) is 7.87. The fraction of sp³-hybridized carbons (Fsp3) is 0.0714. The van der Waals surface area contributed by atoms with Crippen LogP contribution in [0.25, 0.3) is 0 Å². The van der Waals surface area contributed by atoms with Crippen molar-refractivity contribution in [3.63, 3.8) is 0 Å². The predicted molar refractivity (Wildman–Crippen MR) is 139 cm³/mol. The molecule has 5 rings (SSSR count). The lowest BCUT2D eigenvalue weighted by atomic mass is 9.98. The molecule has 162 valence electrons. The van der Waals surface area contributed by atoms with Gasteiger partial charge in [-0.05, 0) is 53.6 Å². The Balaban J connectivity index is 1.46. The van der Waals surface area contributed by atoms with E-state index >= 15 is 0 Å². The highest BCUT2D eigenvalue weighted by atomic mass is 79.9. The first-order valence-electron chi connectivity index (χ1n) is 10.8. The number of hydrogen-bond acceptors (Lipinski definition) is 4. The number of anilines is 1. The highest BCUT2D eigenvalue weighted by molar-refractivity contribution is 9.10. The quantitative estimate of drug-likeness (QED) is 0.296.